The molecule has 0 aliphatic carbocycles. The second-order valence-corrected chi connectivity index (χ2v) is 4.43. The number of aryl methyl sites for hydroxylation is 2. The van der Waals surface area contributed by atoms with E-state index in [0.29, 0.717) is 12.1 Å². The Morgan fingerprint density at radius 2 is 2.11 bits per heavy atom. The molecule has 0 saturated heterocycles. The number of aromatic amines is 1. The van der Waals surface area contributed by atoms with Gasteiger partial charge in [0.1, 0.15) is 5.75 Å². The van der Waals surface area contributed by atoms with E-state index >= 15 is 0 Å². The van der Waals surface area contributed by atoms with Gasteiger partial charge in [-0.05, 0) is 49.6 Å². The number of carbonyl (C=O) groups excluding carboxylic acids is 1. The van der Waals surface area contributed by atoms with Crippen LogP contribution in [-0.4, -0.2) is 27.8 Å². The van der Waals surface area contributed by atoms with Crippen LogP contribution in [0, 0.1) is 6.92 Å². The number of nitrogens with zero attached hydrogens (tertiary/aromatic N) is 1. The molecule has 19 heavy (non-hydrogen) atoms. The molecule has 0 fully saturated rings. The second-order valence-electron chi connectivity index (χ2n) is 4.43. The summed E-state index contributed by atoms with van der Waals surface area (Å²) in [5.41, 5.74) is 2.81. The first-order valence-corrected chi connectivity index (χ1v) is 6.23. The number of aromatic hydroxyl groups is 1. The fraction of sp³-hybridized carbons (Fsp3) is 0.286. The Kier molecular flexibility index (Phi) is 4.18. The lowest BCUT2D eigenvalue weighted by Crippen LogP contribution is -2.24. The normalized spacial score (nSPS) is 10.4. The lowest BCUT2D eigenvalue weighted by molar-refractivity contribution is 0.0953. The highest BCUT2D eigenvalue weighted by Gasteiger charge is 2.05. The summed E-state index contributed by atoms with van der Waals surface area (Å²) in [6.07, 6.45) is 3.57. The molecule has 1 amide bonds. The van der Waals surface area contributed by atoms with Crippen molar-refractivity contribution in [2.45, 2.75) is 19.8 Å². The molecule has 1 aromatic carbocycles. The van der Waals surface area contributed by atoms with Crippen LogP contribution >= 0.6 is 0 Å². The zero-order valence-corrected chi connectivity index (χ0v) is 10.8. The van der Waals surface area contributed by atoms with Crippen LogP contribution in [-0.2, 0) is 6.42 Å². The van der Waals surface area contributed by atoms with Gasteiger partial charge in [0.25, 0.3) is 5.91 Å². The van der Waals surface area contributed by atoms with Gasteiger partial charge in [0.2, 0.25) is 0 Å². The molecule has 0 bridgehead atoms. The van der Waals surface area contributed by atoms with Crippen molar-refractivity contribution in [3.8, 4) is 5.75 Å². The minimum absolute atomic E-state index is 0.121. The Balaban J connectivity index is 1.75. The third-order valence-corrected chi connectivity index (χ3v) is 2.97. The number of nitrogens with one attached hydrogen (secondary N) is 2. The molecule has 1 aromatic heterocycles. The quantitative estimate of drug-likeness (QED) is 0.716. The van der Waals surface area contributed by atoms with Gasteiger partial charge in [-0.1, -0.05) is 0 Å². The molecular weight excluding hydrogens is 242 g/mol. The topological polar surface area (TPSA) is 78.0 Å². The molecule has 2 aromatic rings. The van der Waals surface area contributed by atoms with Crippen molar-refractivity contribution >= 4 is 5.91 Å². The fourth-order valence-corrected chi connectivity index (χ4v) is 1.82. The van der Waals surface area contributed by atoms with Crippen LogP contribution < -0.4 is 5.32 Å². The zero-order chi connectivity index (χ0) is 13.7. The molecule has 0 radical (unpaired) electrons. The Bertz CT molecular complexity index is 546. The first-order chi connectivity index (χ1) is 9.16. The van der Waals surface area contributed by atoms with Crippen molar-refractivity contribution in [2.24, 2.45) is 0 Å². The minimum atomic E-state index is -0.121. The number of H-pyrrole nitrogens is 1. The van der Waals surface area contributed by atoms with Gasteiger partial charge in [0, 0.05) is 17.8 Å². The molecule has 5 nitrogen and oxygen atoms in total. The van der Waals surface area contributed by atoms with E-state index in [9.17, 15) is 4.79 Å². The van der Waals surface area contributed by atoms with Gasteiger partial charge < -0.3 is 10.4 Å². The molecular formula is C14H17N3O2. The maximum Gasteiger partial charge on any atom is 0.251 e. The predicted octanol–water partition coefficient (Wildman–Crippen LogP) is 1.79. The van der Waals surface area contributed by atoms with Crippen molar-refractivity contribution in [3.05, 3.63) is 47.3 Å². The van der Waals surface area contributed by atoms with Crippen molar-refractivity contribution in [3.63, 3.8) is 0 Å². The summed E-state index contributed by atoms with van der Waals surface area (Å²) in [6.45, 7) is 2.60. The average Bonchev–Trinajstić information content (AvgIpc) is 2.81. The molecule has 0 aliphatic rings. The van der Waals surface area contributed by atoms with E-state index in [1.54, 1.807) is 12.1 Å². The monoisotopic (exact) mass is 259 g/mol. The maximum absolute atomic E-state index is 11.8. The van der Waals surface area contributed by atoms with Crippen LogP contribution in [0.15, 0.2) is 30.5 Å². The molecule has 0 aliphatic heterocycles. The van der Waals surface area contributed by atoms with Gasteiger partial charge in [0.15, 0.2) is 0 Å². The number of amides is 1. The fourth-order valence-electron chi connectivity index (χ4n) is 1.82. The van der Waals surface area contributed by atoms with E-state index in [0.717, 1.165) is 18.5 Å². The summed E-state index contributed by atoms with van der Waals surface area (Å²) in [6, 6.07) is 6.21. The lowest BCUT2D eigenvalue weighted by Gasteiger charge is -2.05. The summed E-state index contributed by atoms with van der Waals surface area (Å²) in [7, 11) is 0. The van der Waals surface area contributed by atoms with Crippen LogP contribution in [0.3, 0.4) is 0 Å². The lowest BCUT2D eigenvalue weighted by atomic mass is 10.1. The first kappa shape index (κ1) is 13.1. The molecule has 0 saturated carbocycles. The molecule has 0 spiro atoms. The summed E-state index contributed by atoms with van der Waals surface area (Å²) in [5.74, 6) is 0.0379. The summed E-state index contributed by atoms with van der Waals surface area (Å²) in [4.78, 5) is 11.8. The Hall–Kier alpha value is -2.30. The van der Waals surface area contributed by atoms with Crippen molar-refractivity contribution in [2.75, 3.05) is 6.54 Å². The zero-order valence-electron chi connectivity index (χ0n) is 10.8. The number of hydrogen-bond donors (Lipinski definition) is 3. The van der Waals surface area contributed by atoms with Crippen LogP contribution in [0.4, 0.5) is 0 Å². The number of hydrogen-bond acceptors (Lipinski definition) is 3. The summed E-state index contributed by atoms with van der Waals surface area (Å²) in [5, 5.41) is 18.8. The van der Waals surface area contributed by atoms with Crippen molar-refractivity contribution in [1.29, 1.82) is 0 Å². The molecule has 100 valence electrons. The Morgan fingerprint density at radius 3 is 2.74 bits per heavy atom. The van der Waals surface area contributed by atoms with E-state index in [4.69, 9.17) is 5.11 Å². The van der Waals surface area contributed by atoms with E-state index in [1.165, 1.54) is 17.7 Å². The van der Waals surface area contributed by atoms with Crippen molar-refractivity contribution in [1.82, 2.24) is 15.5 Å². The van der Waals surface area contributed by atoms with E-state index < -0.39 is 0 Å². The van der Waals surface area contributed by atoms with Crippen molar-refractivity contribution < 1.29 is 9.90 Å². The van der Waals surface area contributed by atoms with Crippen LogP contribution in [0.1, 0.15) is 28.0 Å². The SMILES string of the molecule is Cc1[nH]ncc1CCCNC(=O)c1ccc(O)cc1. The predicted molar refractivity (Wildman–Crippen MR) is 72.1 cm³/mol. The average molecular weight is 259 g/mol. The van der Waals surface area contributed by atoms with Gasteiger partial charge in [-0.2, -0.15) is 5.10 Å². The van der Waals surface area contributed by atoms with Crippen LogP contribution in [0.2, 0.25) is 0 Å². The highest BCUT2D eigenvalue weighted by atomic mass is 16.3. The Morgan fingerprint density at radius 1 is 1.37 bits per heavy atom. The maximum atomic E-state index is 11.8. The number of rotatable bonds is 5. The largest absolute Gasteiger partial charge is 0.508 e. The van der Waals surface area contributed by atoms with Gasteiger partial charge in [0.05, 0.1) is 6.20 Å². The van der Waals surface area contributed by atoms with Gasteiger partial charge in [-0.3, -0.25) is 9.89 Å². The highest BCUT2D eigenvalue weighted by molar-refractivity contribution is 5.94. The molecule has 0 unspecified atom stereocenters. The first-order valence-electron chi connectivity index (χ1n) is 6.23. The molecule has 5 heteroatoms. The molecule has 1 heterocycles. The standard InChI is InChI=1S/C14H17N3O2/c1-10-12(9-16-17-10)3-2-8-15-14(19)11-4-6-13(18)7-5-11/h4-7,9,18H,2-3,8H2,1H3,(H,15,19)(H,16,17). The van der Waals surface area contributed by atoms with E-state index in [-0.39, 0.29) is 11.7 Å². The smallest absolute Gasteiger partial charge is 0.251 e. The highest BCUT2D eigenvalue weighted by Crippen LogP contribution is 2.09. The number of carbonyl (C=O) groups is 1. The number of benzene rings is 1. The number of phenols is 1. The molecule has 3 N–H and O–H groups in total. The number of phenolic OH excluding ortho intramolecular Hbond substituents is 1. The molecule has 0 atom stereocenters. The van der Waals surface area contributed by atoms with Gasteiger partial charge in [-0.25, -0.2) is 0 Å². The summed E-state index contributed by atoms with van der Waals surface area (Å²) >= 11 is 0. The second kappa shape index (κ2) is 6.04. The number of aromatic nitrogens is 2. The van der Waals surface area contributed by atoms with Crippen LogP contribution in [0.25, 0.3) is 0 Å². The van der Waals surface area contributed by atoms with E-state index in [1.807, 2.05) is 13.1 Å². The van der Waals surface area contributed by atoms with Crippen LogP contribution in [0.5, 0.6) is 5.75 Å². The Labute approximate surface area is 111 Å². The minimum Gasteiger partial charge on any atom is -0.508 e. The molecule has 2 rings (SSSR count). The summed E-state index contributed by atoms with van der Waals surface area (Å²) < 4.78 is 0. The van der Waals surface area contributed by atoms with Gasteiger partial charge in [-0.15, -0.1) is 0 Å². The van der Waals surface area contributed by atoms with Gasteiger partial charge >= 0.3 is 0 Å². The van der Waals surface area contributed by atoms with E-state index in [2.05, 4.69) is 15.5 Å². The third-order valence-electron chi connectivity index (χ3n) is 2.97. The third kappa shape index (κ3) is 3.58.